The highest BCUT2D eigenvalue weighted by molar-refractivity contribution is 6.39. The number of aryl methyl sites for hydroxylation is 2. The maximum Gasteiger partial charge on any atom is 0.313 e. The summed E-state index contributed by atoms with van der Waals surface area (Å²) in [6, 6.07) is 8.95. The predicted octanol–water partition coefficient (Wildman–Crippen LogP) is 2.87. The van der Waals surface area contributed by atoms with Gasteiger partial charge in [0.25, 0.3) is 0 Å². The Morgan fingerprint density at radius 1 is 1.14 bits per heavy atom. The fraction of sp³-hybridized carbons (Fsp3) is 0.455. The zero-order valence-electron chi connectivity index (χ0n) is 17.3. The van der Waals surface area contributed by atoms with Gasteiger partial charge in [0.1, 0.15) is 17.3 Å². The largest absolute Gasteiger partial charge is 0.497 e. The first-order chi connectivity index (χ1) is 13.9. The number of anilines is 1. The number of methoxy groups -OCH3 is 1. The van der Waals surface area contributed by atoms with Crippen molar-refractivity contribution in [3.63, 3.8) is 0 Å². The molecule has 1 aliphatic heterocycles. The summed E-state index contributed by atoms with van der Waals surface area (Å²) in [4.78, 5) is 26.6. The van der Waals surface area contributed by atoms with Gasteiger partial charge in [0.05, 0.1) is 7.11 Å². The Balaban J connectivity index is 1.38. The van der Waals surface area contributed by atoms with Crippen LogP contribution in [0.25, 0.3) is 0 Å². The number of furan rings is 1. The van der Waals surface area contributed by atoms with Crippen molar-refractivity contribution in [2.24, 2.45) is 5.92 Å². The second-order valence-corrected chi connectivity index (χ2v) is 7.55. The number of nitrogens with one attached hydrogen (secondary N) is 2. The van der Waals surface area contributed by atoms with E-state index in [9.17, 15) is 9.59 Å². The molecule has 1 fully saturated rings. The van der Waals surface area contributed by atoms with E-state index in [1.807, 2.05) is 13.8 Å². The Labute approximate surface area is 171 Å². The normalized spacial score (nSPS) is 15.1. The minimum Gasteiger partial charge on any atom is -0.497 e. The molecule has 29 heavy (non-hydrogen) atoms. The summed E-state index contributed by atoms with van der Waals surface area (Å²) < 4.78 is 10.7. The first kappa shape index (κ1) is 20.9. The molecule has 1 aliphatic rings. The number of benzene rings is 1. The van der Waals surface area contributed by atoms with Crippen LogP contribution in [0.15, 0.2) is 34.7 Å². The molecule has 1 aromatic heterocycles. The number of carbonyl (C=O) groups is 2. The molecule has 7 nitrogen and oxygen atoms in total. The number of piperidine rings is 1. The molecule has 0 radical (unpaired) electrons. The Hall–Kier alpha value is -2.80. The maximum atomic E-state index is 12.1. The molecule has 3 rings (SSSR count). The van der Waals surface area contributed by atoms with Gasteiger partial charge >= 0.3 is 11.8 Å². The first-order valence-corrected chi connectivity index (χ1v) is 9.96. The standard InChI is InChI=1S/C22H29N3O4/c1-15-12-18(16(2)29-15)14-25-10-8-17(9-11-25)13-23-21(26)22(27)24-19-4-6-20(28-3)7-5-19/h4-7,12,17H,8-11,13-14H2,1-3H3,(H,23,26)(H,24,27). The minimum atomic E-state index is -0.654. The summed E-state index contributed by atoms with van der Waals surface area (Å²) in [5, 5.41) is 5.36. The van der Waals surface area contributed by atoms with Gasteiger partial charge in [0.15, 0.2) is 0 Å². The molecule has 2 aromatic rings. The van der Waals surface area contributed by atoms with E-state index in [1.54, 1.807) is 31.4 Å². The monoisotopic (exact) mass is 399 g/mol. The number of amides is 2. The Bertz CT molecular complexity index is 836. The molecule has 0 saturated carbocycles. The van der Waals surface area contributed by atoms with Crippen molar-refractivity contribution in [1.29, 1.82) is 0 Å². The van der Waals surface area contributed by atoms with E-state index in [0.29, 0.717) is 23.9 Å². The van der Waals surface area contributed by atoms with E-state index in [4.69, 9.17) is 9.15 Å². The van der Waals surface area contributed by atoms with Gasteiger partial charge < -0.3 is 19.8 Å². The average molecular weight is 399 g/mol. The molecule has 2 amide bonds. The number of ether oxygens (including phenoxy) is 1. The predicted molar refractivity (Wildman–Crippen MR) is 111 cm³/mol. The lowest BCUT2D eigenvalue weighted by atomic mass is 9.96. The molecule has 156 valence electrons. The highest BCUT2D eigenvalue weighted by Gasteiger charge is 2.22. The van der Waals surface area contributed by atoms with Crippen molar-refractivity contribution >= 4 is 17.5 Å². The van der Waals surface area contributed by atoms with Crippen molar-refractivity contribution < 1.29 is 18.7 Å². The molecule has 2 N–H and O–H groups in total. The summed E-state index contributed by atoms with van der Waals surface area (Å²) in [6.07, 6.45) is 1.99. The second-order valence-electron chi connectivity index (χ2n) is 7.55. The van der Waals surface area contributed by atoms with Gasteiger partial charge in [-0.05, 0) is 76.0 Å². The Morgan fingerprint density at radius 2 is 1.83 bits per heavy atom. The zero-order chi connectivity index (χ0) is 20.8. The van der Waals surface area contributed by atoms with Crippen molar-refractivity contribution in [3.8, 4) is 5.75 Å². The van der Waals surface area contributed by atoms with E-state index in [2.05, 4.69) is 21.6 Å². The van der Waals surface area contributed by atoms with Gasteiger partial charge in [-0.25, -0.2) is 0 Å². The third-order valence-electron chi connectivity index (χ3n) is 5.35. The van der Waals surface area contributed by atoms with Crippen LogP contribution in [0.1, 0.15) is 29.9 Å². The lowest BCUT2D eigenvalue weighted by Crippen LogP contribution is -2.41. The summed E-state index contributed by atoms with van der Waals surface area (Å²) >= 11 is 0. The van der Waals surface area contributed by atoms with Crippen LogP contribution in [-0.4, -0.2) is 43.5 Å². The number of rotatable bonds is 6. The average Bonchev–Trinajstić information content (AvgIpc) is 3.04. The van der Waals surface area contributed by atoms with Crippen molar-refractivity contribution in [1.82, 2.24) is 10.2 Å². The van der Waals surface area contributed by atoms with Gasteiger partial charge in [0, 0.05) is 24.3 Å². The molecule has 1 aromatic carbocycles. The van der Waals surface area contributed by atoms with E-state index in [-0.39, 0.29) is 0 Å². The number of nitrogens with zero attached hydrogens (tertiary/aromatic N) is 1. The van der Waals surface area contributed by atoms with Crippen LogP contribution < -0.4 is 15.4 Å². The maximum absolute atomic E-state index is 12.1. The van der Waals surface area contributed by atoms with Gasteiger partial charge in [-0.2, -0.15) is 0 Å². The molecule has 1 saturated heterocycles. The molecule has 7 heteroatoms. The molecule has 0 aliphatic carbocycles. The lowest BCUT2D eigenvalue weighted by molar-refractivity contribution is -0.136. The number of hydrogen-bond donors (Lipinski definition) is 2. The fourth-order valence-electron chi connectivity index (χ4n) is 3.61. The lowest BCUT2D eigenvalue weighted by Gasteiger charge is -2.31. The molecular formula is C22H29N3O4. The van der Waals surface area contributed by atoms with Crippen LogP contribution in [0.2, 0.25) is 0 Å². The molecule has 0 bridgehead atoms. The summed E-state index contributed by atoms with van der Waals surface area (Å²) in [7, 11) is 1.57. The zero-order valence-corrected chi connectivity index (χ0v) is 17.3. The van der Waals surface area contributed by atoms with Crippen LogP contribution in [0.4, 0.5) is 5.69 Å². The van der Waals surface area contributed by atoms with Crippen LogP contribution >= 0.6 is 0 Å². The third-order valence-corrected chi connectivity index (χ3v) is 5.35. The first-order valence-electron chi connectivity index (χ1n) is 9.96. The van der Waals surface area contributed by atoms with E-state index >= 15 is 0 Å². The molecular weight excluding hydrogens is 370 g/mol. The summed E-state index contributed by atoms with van der Waals surface area (Å²) in [5.41, 5.74) is 1.80. The van der Waals surface area contributed by atoms with Crippen LogP contribution in [-0.2, 0) is 16.1 Å². The Kier molecular flexibility index (Phi) is 6.93. The third kappa shape index (κ3) is 5.84. The van der Waals surface area contributed by atoms with Crippen molar-refractivity contribution in [2.45, 2.75) is 33.2 Å². The highest BCUT2D eigenvalue weighted by Crippen LogP contribution is 2.21. The van der Waals surface area contributed by atoms with Crippen LogP contribution in [0, 0.1) is 19.8 Å². The molecule has 0 spiro atoms. The SMILES string of the molecule is COc1ccc(NC(=O)C(=O)NCC2CCN(Cc3cc(C)oc3C)CC2)cc1. The quantitative estimate of drug-likeness (QED) is 0.730. The van der Waals surface area contributed by atoms with Crippen LogP contribution in [0.3, 0.4) is 0 Å². The number of hydrogen-bond acceptors (Lipinski definition) is 5. The van der Waals surface area contributed by atoms with Gasteiger partial charge in [-0.1, -0.05) is 0 Å². The summed E-state index contributed by atoms with van der Waals surface area (Å²) in [5.74, 6) is 1.75. The number of carbonyl (C=O) groups excluding carboxylic acids is 2. The number of likely N-dealkylation sites (tertiary alicyclic amines) is 1. The Morgan fingerprint density at radius 3 is 2.41 bits per heavy atom. The van der Waals surface area contributed by atoms with E-state index in [0.717, 1.165) is 44.0 Å². The van der Waals surface area contributed by atoms with E-state index in [1.165, 1.54) is 5.56 Å². The molecule has 0 unspecified atom stereocenters. The van der Waals surface area contributed by atoms with Gasteiger partial charge in [0.2, 0.25) is 0 Å². The minimum absolute atomic E-state index is 0.385. The topological polar surface area (TPSA) is 83.8 Å². The molecule has 2 heterocycles. The van der Waals surface area contributed by atoms with Gasteiger partial charge in [-0.15, -0.1) is 0 Å². The second kappa shape index (κ2) is 9.60. The van der Waals surface area contributed by atoms with Crippen LogP contribution in [0.5, 0.6) is 5.75 Å². The van der Waals surface area contributed by atoms with Gasteiger partial charge in [-0.3, -0.25) is 14.5 Å². The summed E-state index contributed by atoms with van der Waals surface area (Å²) in [6.45, 7) is 7.33. The van der Waals surface area contributed by atoms with E-state index < -0.39 is 11.8 Å². The van der Waals surface area contributed by atoms with Crippen molar-refractivity contribution in [3.05, 3.63) is 47.4 Å². The fourth-order valence-corrected chi connectivity index (χ4v) is 3.61. The van der Waals surface area contributed by atoms with Crippen molar-refractivity contribution in [2.75, 3.05) is 32.1 Å². The highest BCUT2D eigenvalue weighted by atomic mass is 16.5. The smallest absolute Gasteiger partial charge is 0.313 e. The molecule has 0 atom stereocenters.